The molecular formula is C26H26ClN3O2. The third kappa shape index (κ3) is 3.59. The maximum atomic E-state index is 6.34. The van der Waals surface area contributed by atoms with Gasteiger partial charge < -0.3 is 19.8 Å². The highest BCUT2D eigenvalue weighted by atomic mass is 35.5. The first kappa shape index (κ1) is 19.9. The number of benzene rings is 2. The Balaban J connectivity index is 1.10. The van der Waals surface area contributed by atoms with Gasteiger partial charge in [-0.15, -0.1) is 0 Å². The minimum Gasteiger partial charge on any atom is -0.486 e. The lowest BCUT2D eigenvalue weighted by Gasteiger charge is -2.29. The molecule has 0 amide bonds. The second kappa shape index (κ2) is 7.98. The number of nitrogens with zero attached hydrogens (tertiary/aromatic N) is 1. The van der Waals surface area contributed by atoms with E-state index in [-0.39, 0.29) is 6.10 Å². The Kier molecular flexibility index (Phi) is 4.96. The topological polar surface area (TPSA) is 59.2 Å². The lowest BCUT2D eigenvalue weighted by atomic mass is 9.86. The number of hydrogen-bond donors (Lipinski definition) is 2. The SMILES string of the molecule is Cc1ccc2c3c(ccc2n1)OC[C@H](CNC[C@H]1CCc2[nH]c4ccc(Cl)cc4c2C1)O3. The van der Waals surface area contributed by atoms with Crippen molar-refractivity contribution in [2.24, 2.45) is 5.92 Å². The zero-order valence-electron chi connectivity index (χ0n) is 18.1. The Morgan fingerprint density at radius 1 is 1.12 bits per heavy atom. The lowest BCUT2D eigenvalue weighted by molar-refractivity contribution is 0.0915. The van der Waals surface area contributed by atoms with E-state index in [0.717, 1.165) is 59.0 Å². The van der Waals surface area contributed by atoms with Crippen LogP contribution in [-0.2, 0) is 12.8 Å². The van der Waals surface area contributed by atoms with E-state index in [0.29, 0.717) is 12.5 Å². The van der Waals surface area contributed by atoms with E-state index >= 15 is 0 Å². The zero-order chi connectivity index (χ0) is 21.7. The number of nitrogens with one attached hydrogen (secondary N) is 2. The molecule has 4 aromatic rings. The van der Waals surface area contributed by atoms with Gasteiger partial charge in [0.25, 0.3) is 0 Å². The monoisotopic (exact) mass is 447 g/mol. The van der Waals surface area contributed by atoms with Crippen molar-refractivity contribution in [3.8, 4) is 11.5 Å². The molecule has 2 aromatic carbocycles. The Bertz CT molecular complexity index is 1320. The summed E-state index contributed by atoms with van der Waals surface area (Å²) >= 11 is 6.25. The summed E-state index contributed by atoms with van der Waals surface area (Å²) in [5.74, 6) is 2.22. The molecule has 0 spiro atoms. The Hall–Kier alpha value is -2.76. The van der Waals surface area contributed by atoms with Gasteiger partial charge in [-0.05, 0) is 86.7 Å². The van der Waals surface area contributed by atoms with Crippen LogP contribution in [0, 0.1) is 12.8 Å². The van der Waals surface area contributed by atoms with Gasteiger partial charge in [0.15, 0.2) is 11.5 Å². The fourth-order valence-electron chi connectivity index (χ4n) is 5.06. The normalized spacial score (nSPS) is 19.9. The minimum atomic E-state index is -0.0135. The number of H-pyrrole nitrogens is 1. The quantitative estimate of drug-likeness (QED) is 0.450. The molecule has 3 heterocycles. The third-order valence-corrected chi connectivity index (χ3v) is 6.93. The fraction of sp³-hybridized carbons (Fsp3) is 0.346. The number of pyridine rings is 1. The van der Waals surface area contributed by atoms with Crippen molar-refractivity contribution < 1.29 is 9.47 Å². The molecule has 0 fully saturated rings. The molecule has 0 bridgehead atoms. The van der Waals surface area contributed by atoms with E-state index in [4.69, 9.17) is 21.1 Å². The first-order valence-electron chi connectivity index (χ1n) is 11.3. The van der Waals surface area contributed by atoms with E-state index in [1.54, 1.807) is 0 Å². The smallest absolute Gasteiger partial charge is 0.171 e. The molecule has 1 aliphatic carbocycles. The summed E-state index contributed by atoms with van der Waals surface area (Å²) in [5.41, 5.74) is 5.94. The number of ether oxygens (including phenoxy) is 2. The summed E-state index contributed by atoms with van der Waals surface area (Å²) in [5, 5.41) is 6.72. The molecule has 2 N–H and O–H groups in total. The maximum Gasteiger partial charge on any atom is 0.171 e. The van der Waals surface area contributed by atoms with Crippen molar-refractivity contribution >= 4 is 33.4 Å². The van der Waals surface area contributed by atoms with Crippen LogP contribution in [-0.4, -0.2) is 35.8 Å². The number of rotatable bonds is 4. The molecule has 5 nitrogen and oxygen atoms in total. The van der Waals surface area contributed by atoms with Crippen molar-refractivity contribution in [2.75, 3.05) is 19.7 Å². The number of halogens is 1. The number of hydrogen-bond acceptors (Lipinski definition) is 4. The Labute approximate surface area is 192 Å². The van der Waals surface area contributed by atoms with Gasteiger partial charge in [-0.3, -0.25) is 4.98 Å². The first-order chi connectivity index (χ1) is 15.6. The summed E-state index contributed by atoms with van der Waals surface area (Å²) in [6, 6.07) is 14.2. The molecule has 2 aromatic heterocycles. The summed E-state index contributed by atoms with van der Waals surface area (Å²) in [6.07, 6.45) is 3.33. The highest BCUT2D eigenvalue weighted by Gasteiger charge is 2.25. The van der Waals surface area contributed by atoms with Crippen LogP contribution in [0.25, 0.3) is 21.8 Å². The lowest BCUT2D eigenvalue weighted by Crippen LogP contribution is -2.40. The van der Waals surface area contributed by atoms with Gasteiger partial charge in [-0.1, -0.05) is 11.6 Å². The highest BCUT2D eigenvalue weighted by molar-refractivity contribution is 6.31. The molecule has 164 valence electrons. The van der Waals surface area contributed by atoms with Crippen LogP contribution in [0.3, 0.4) is 0 Å². The maximum absolute atomic E-state index is 6.34. The molecule has 0 saturated heterocycles. The third-order valence-electron chi connectivity index (χ3n) is 6.69. The average molecular weight is 448 g/mol. The highest BCUT2D eigenvalue weighted by Crippen LogP contribution is 2.38. The summed E-state index contributed by atoms with van der Waals surface area (Å²) in [6.45, 7) is 4.29. The van der Waals surface area contributed by atoms with Crippen molar-refractivity contribution in [3.63, 3.8) is 0 Å². The van der Waals surface area contributed by atoms with Gasteiger partial charge in [0.05, 0.1) is 5.52 Å². The van der Waals surface area contributed by atoms with Crippen LogP contribution in [0.1, 0.15) is 23.4 Å². The van der Waals surface area contributed by atoms with Crippen LogP contribution in [0.15, 0.2) is 42.5 Å². The van der Waals surface area contributed by atoms with Gasteiger partial charge in [0, 0.05) is 39.2 Å². The summed E-state index contributed by atoms with van der Waals surface area (Å²) < 4.78 is 12.3. The van der Waals surface area contributed by atoms with Gasteiger partial charge in [0.1, 0.15) is 12.7 Å². The molecule has 1 aliphatic heterocycles. The number of aromatic nitrogens is 2. The van der Waals surface area contributed by atoms with Crippen molar-refractivity contribution in [1.82, 2.24) is 15.3 Å². The van der Waals surface area contributed by atoms with E-state index in [1.165, 1.54) is 28.6 Å². The van der Waals surface area contributed by atoms with Crippen molar-refractivity contribution in [1.29, 1.82) is 0 Å². The fourth-order valence-corrected chi connectivity index (χ4v) is 5.23. The summed E-state index contributed by atoms with van der Waals surface area (Å²) in [4.78, 5) is 8.19. The molecule has 2 aliphatic rings. The molecular weight excluding hydrogens is 422 g/mol. The van der Waals surface area contributed by atoms with Crippen LogP contribution < -0.4 is 14.8 Å². The first-order valence-corrected chi connectivity index (χ1v) is 11.7. The molecule has 6 rings (SSSR count). The zero-order valence-corrected chi connectivity index (χ0v) is 18.8. The molecule has 6 heteroatoms. The number of aromatic amines is 1. The Morgan fingerprint density at radius 3 is 3.00 bits per heavy atom. The van der Waals surface area contributed by atoms with E-state index in [2.05, 4.69) is 33.5 Å². The Morgan fingerprint density at radius 2 is 2.06 bits per heavy atom. The van der Waals surface area contributed by atoms with Gasteiger partial charge in [-0.2, -0.15) is 0 Å². The average Bonchev–Trinajstić information content (AvgIpc) is 3.16. The van der Waals surface area contributed by atoms with Gasteiger partial charge in [-0.25, -0.2) is 0 Å². The van der Waals surface area contributed by atoms with Crippen LogP contribution in [0.4, 0.5) is 0 Å². The second-order valence-electron chi connectivity index (χ2n) is 9.00. The summed E-state index contributed by atoms with van der Waals surface area (Å²) in [7, 11) is 0. The molecule has 0 saturated carbocycles. The molecule has 0 radical (unpaired) electrons. The standard InChI is InChI=1S/C26H26ClN3O2/c1-15-2-5-19-22(29-15)8-9-25-26(19)32-18(14-31-25)13-28-12-16-3-6-23-20(10-16)21-11-17(27)4-7-24(21)30-23/h2,4-5,7-9,11,16,18,28,30H,3,6,10,12-14H2,1H3/t16-,18-/m0/s1. The van der Waals surface area contributed by atoms with E-state index < -0.39 is 0 Å². The van der Waals surface area contributed by atoms with Crippen molar-refractivity contribution in [3.05, 3.63) is 64.4 Å². The number of fused-ring (bicyclic) bond motifs is 6. The van der Waals surface area contributed by atoms with Crippen LogP contribution in [0.5, 0.6) is 11.5 Å². The van der Waals surface area contributed by atoms with E-state index in [1.807, 2.05) is 31.2 Å². The van der Waals surface area contributed by atoms with Crippen LogP contribution in [0.2, 0.25) is 5.02 Å². The van der Waals surface area contributed by atoms with Crippen LogP contribution >= 0.6 is 11.6 Å². The minimum absolute atomic E-state index is 0.0135. The largest absolute Gasteiger partial charge is 0.486 e. The predicted molar refractivity (Wildman–Crippen MR) is 128 cm³/mol. The molecule has 2 atom stereocenters. The molecule has 32 heavy (non-hydrogen) atoms. The van der Waals surface area contributed by atoms with E-state index in [9.17, 15) is 0 Å². The number of aryl methyl sites for hydroxylation is 2. The van der Waals surface area contributed by atoms with Gasteiger partial charge in [0.2, 0.25) is 0 Å². The second-order valence-corrected chi connectivity index (χ2v) is 9.44. The van der Waals surface area contributed by atoms with Crippen molar-refractivity contribution in [2.45, 2.75) is 32.3 Å². The van der Waals surface area contributed by atoms with Gasteiger partial charge >= 0.3 is 0 Å². The molecule has 0 unspecified atom stereocenters. The predicted octanol–water partition coefficient (Wildman–Crippen LogP) is 5.21.